The molecule has 3 fully saturated rings. The van der Waals surface area contributed by atoms with Crippen molar-refractivity contribution in [2.75, 3.05) is 73.1 Å². The Balaban J connectivity index is 1.47. The van der Waals surface area contributed by atoms with Gasteiger partial charge in [0, 0.05) is 65.8 Å². The van der Waals surface area contributed by atoms with E-state index in [-0.39, 0.29) is 12.1 Å². The molecule has 3 saturated heterocycles. The predicted octanol–water partition coefficient (Wildman–Crippen LogP) is 1.91. The van der Waals surface area contributed by atoms with Crippen molar-refractivity contribution in [3.63, 3.8) is 0 Å². The molecule has 0 unspecified atom stereocenters. The number of nitrogens with zero attached hydrogens (tertiary/aromatic N) is 4. The van der Waals surface area contributed by atoms with Crippen LogP contribution in [0.1, 0.15) is 17.2 Å². The Morgan fingerprint density at radius 1 is 1.07 bits per heavy atom. The highest BCUT2D eigenvalue weighted by atomic mass is 16.5. The molecule has 2 amide bonds. The van der Waals surface area contributed by atoms with Crippen LogP contribution in [0.5, 0.6) is 0 Å². The van der Waals surface area contributed by atoms with Gasteiger partial charge in [-0.3, -0.25) is 4.90 Å². The van der Waals surface area contributed by atoms with Crippen molar-refractivity contribution in [3.05, 3.63) is 35.4 Å². The molecule has 0 saturated carbocycles. The molecule has 3 heterocycles. The number of hydrogen-bond acceptors (Lipinski definition) is 4. The summed E-state index contributed by atoms with van der Waals surface area (Å²) in [5.41, 5.74) is 2.61. The summed E-state index contributed by atoms with van der Waals surface area (Å²) in [6.07, 6.45) is 0. The van der Waals surface area contributed by atoms with Crippen molar-refractivity contribution in [1.82, 2.24) is 19.6 Å². The fourth-order valence-electron chi connectivity index (χ4n) is 5.20. The van der Waals surface area contributed by atoms with Crippen LogP contribution >= 0.6 is 0 Å². The molecule has 0 aliphatic carbocycles. The number of likely N-dealkylation sites (tertiary alicyclic amines) is 2. The molecule has 1 aromatic rings. The van der Waals surface area contributed by atoms with Gasteiger partial charge in [0.15, 0.2) is 0 Å². The molecular weight excluding hydrogens is 352 g/mol. The number of hydrogen-bond donors (Lipinski definition) is 0. The van der Waals surface area contributed by atoms with Crippen LogP contribution in [0.3, 0.4) is 0 Å². The zero-order valence-electron chi connectivity index (χ0n) is 17.5. The number of rotatable bonds is 4. The number of fused-ring (bicyclic) bond motifs is 1. The molecule has 0 N–H and O–H groups in total. The third-order valence-electron chi connectivity index (χ3n) is 6.71. The van der Waals surface area contributed by atoms with Crippen LogP contribution in [-0.4, -0.2) is 98.8 Å². The summed E-state index contributed by atoms with van der Waals surface area (Å²) >= 11 is 0. The fraction of sp³-hybridized carbons (Fsp3) is 0.682. The molecule has 0 bridgehead atoms. The maximum Gasteiger partial charge on any atom is 0.320 e. The molecule has 0 aromatic heterocycles. The van der Waals surface area contributed by atoms with E-state index in [1.807, 2.05) is 14.1 Å². The minimum absolute atomic E-state index is 0.141. The Kier molecular flexibility index (Phi) is 5.90. The molecule has 6 heteroatoms. The molecule has 0 spiro atoms. The van der Waals surface area contributed by atoms with E-state index in [1.54, 1.807) is 4.90 Å². The summed E-state index contributed by atoms with van der Waals surface area (Å²) in [5, 5.41) is 0. The van der Waals surface area contributed by atoms with E-state index < -0.39 is 0 Å². The Morgan fingerprint density at radius 3 is 2.50 bits per heavy atom. The smallest absolute Gasteiger partial charge is 0.320 e. The Labute approximate surface area is 169 Å². The van der Waals surface area contributed by atoms with Crippen LogP contribution in [0, 0.1) is 18.8 Å². The van der Waals surface area contributed by atoms with Crippen LogP contribution in [0.4, 0.5) is 4.79 Å². The molecule has 1 aromatic carbocycles. The zero-order valence-corrected chi connectivity index (χ0v) is 17.5. The van der Waals surface area contributed by atoms with Gasteiger partial charge in [0.1, 0.15) is 0 Å². The van der Waals surface area contributed by atoms with Gasteiger partial charge in [0.2, 0.25) is 0 Å². The highest BCUT2D eigenvalue weighted by Crippen LogP contribution is 2.46. The Morgan fingerprint density at radius 2 is 1.79 bits per heavy atom. The lowest BCUT2D eigenvalue weighted by atomic mass is 9.88. The summed E-state index contributed by atoms with van der Waals surface area (Å²) in [5.74, 6) is 1.09. The molecule has 3 aliphatic rings. The first-order valence-electron chi connectivity index (χ1n) is 10.6. The number of aryl methyl sites for hydroxylation is 1. The number of amides is 2. The second-order valence-electron chi connectivity index (χ2n) is 8.77. The summed E-state index contributed by atoms with van der Waals surface area (Å²) in [4.78, 5) is 21.9. The van der Waals surface area contributed by atoms with Crippen molar-refractivity contribution in [1.29, 1.82) is 0 Å². The lowest BCUT2D eigenvalue weighted by Gasteiger charge is -2.33. The minimum Gasteiger partial charge on any atom is -0.379 e. The number of carbonyl (C=O) groups excluding carboxylic acids is 1. The van der Waals surface area contributed by atoms with Crippen molar-refractivity contribution in [2.45, 2.75) is 13.0 Å². The Bertz CT molecular complexity index is 689. The van der Waals surface area contributed by atoms with Gasteiger partial charge < -0.3 is 19.4 Å². The third-order valence-corrected chi connectivity index (χ3v) is 6.71. The van der Waals surface area contributed by atoms with Crippen LogP contribution < -0.4 is 0 Å². The number of morpholine rings is 1. The van der Waals surface area contributed by atoms with E-state index in [4.69, 9.17) is 4.74 Å². The standard InChI is InChI=1S/C22H34N4O2/c1-17-6-4-5-7-19(17)21-20-16-25(9-8-24-10-12-28-13-11-24)14-18(20)15-26(21)22(27)23(2)3/h4-7,18,20-21H,8-16H2,1-3H3/t18-,20-,21+/m1/s1. The van der Waals surface area contributed by atoms with Gasteiger partial charge in [0.25, 0.3) is 0 Å². The summed E-state index contributed by atoms with van der Waals surface area (Å²) in [6, 6.07) is 8.92. The van der Waals surface area contributed by atoms with Gasteiger partial charge in [-0.1, -0.05) is 24.3 Å². The van der Waals surface area contributed by atoms with E-state index in [0.717, 1.165) is 59.0 Å². The molecule has 0 radical (unpaired) electrons. The molecule has 154 valence electrons. The fourth-order valence-corrected chi connectivity index (χ4v) is 5.20. The first kappa shape index (κ1) is 19.7. The van der Waals surface area contributed by atoms with Gasteiger partial charge in [-0.05, 0) is 24.0 Å². The van der Waals surface area contributed by atoms with Gasteiger partial charge in [0.05, 0.1) is 19.3 Å². The van der Waals surface area contributed by atoms with Gasteiger partial charge in [-0.25, -0.2) is 4.79 Å². The summed E-state index contributed by atoms with van der Waals surface area (Å²) in [7, 11) is 3.72. The topological polar surface area (TPSA) is 39.3 Å². The zero-order chi connectivity index (χ0) is 19.7. The molecular formula is C22H34N4O2. The van der Waals surface area contributed by atoms with Gasteiger partial charge in [-0.2, -0.15) is 0 Å². The van der Waals surface area contributed by atoms with Crippen LogP contribution in [0.2, 0.25) is 0 Å². The number of benzene rings is 1. The quantitative estimate of drug-likeness (QED) is 0.793. The number of carbonyl (C=O) groups is 1. The normalized spacial score (nSPS) is 28.5. The molecule has 3 aliphatic heterocycles. The van der Waals surface area contributed by atoms with Crippen LogP contribution in [0.25, 0.3) is 0 Å². The average Bonchev–Trinajstić information content (AvgIpc) is 3.24. The summed E-state index contributed by atoms with van der Waals surface area (Å²) in [6.45, 7) is 11.3. The van der Waals surface area contributed by atoms with E-state index in [2.05, 4.69) is 45.9 Å². The molecule has 28 heavy (non-hydrogen) atoms. The number of ether oxygens (including phenoxy) is 1. The van der Waals surface area contributed by atoms with Crippen LogP contribution in [0.15, 0.2) is 24.3 Å². The van der Waals surface area contributed by atoms with Gasteiger partial charge in [-0.15, -0.1) is 0 Å². The van der Waals surface area contributed by atoms with E-state index in [9.17, 15) is 4.79 Å². The van der Waals surface area contributed by atoms with E-state index >= 15 is 0 Å². The second-order valence-corrected chi connectivity index (χ2v) is 8.77. The van der Waals surface area contributed by atoms with Crippen molar-refractivity contribution in [3.8, 4) is 0 Å². The van der Waals surface area contributed by atoms with Gasteiger partial charge >= 0.3 is 6.03 Å². The highest BCUT2D eigenvalue weighted by Gasteiger charge is 2.49. The monoisotopic (exact) mass is 386 g/mol. The third kappa shape index (κ3) is 3.91. The van der Waals surface area contributed by atoms with E-state index in [0.29, 0.717) is 11.8 Å². The Hall–Kier alpha value is -1.63. The first-order valence-corrected chi connectivity index (χ1v) is 10.6. The van der Waals surface area contributed by atoms with Crippen LogP contribution in [-0.2, 0) is 4.74 Å². The second kappa shape index (κ2) is 8.39. The molecule has 4 rings (SSSR count). The molecule has 6 nitrogen and oxygen atoms in total. The maximum atomic E-state index is 12.9. The lowest BCUT2D eigenvalue weighted by molar-refractivity contribution is 0.0338. The molecule has 3 atom stereocenters. The highest BCUT2D eigenvalue weighted by molar-refractivity contribution is 5.75. The average molecular weight is 387 g/mol. The summed E-state index contributed by atoms with van der Waals surface area (Å²) < 4.78 is 5.46. The predicted molar refractivity (Wildman–Crippen MR) is 110 cm³/mol. The first-order chi connectivity index (χ1) is 13.5. The van der Waals surface area contributed by atoms with Crippen molar-refractivity contribution >= 4 is 6.03 Å². The maximum absolute atomic E-state index is 12.9. The van der Waals surface area contributed by atoms with E-state index in [1.165, 1.54) is 11.1 Å². The lowest BCUT2D eigenvalue weighted by Crippen LogP contribution is -2.43. The minimum atomic E-state index is 0.141. The van der Waals surface area contributed by atoms with Crippen molar-refractivity contribution in [2.24, 2.45) is 11.8 Å². The number of urea groups is 1. The SMILES string of the molecule is Cc1ccccc1[C@H]1[C@@H]2CN(CCN3CCOCC3)C[C@@H]2CN1C(=O)N(C)C. The largest absolute Gasteiger partial charge is 0.379 e. The van der Waals surface area contributed by atoms with Crippen molar-refractivity contribution < 1.29 is 9.53 Å².